The lowest BCUT2D eigenvalue weighted by molar-refractivity contribution is -0.120. The molecule has 3 aromatic rings. The lowest BCUT2D eigenvalue weighted by atomic mass is 10.1. The Morgan fingerprint density at radius 1 is 0.967 bits per heavy atom. The van der Waals surface area contributed by atoms with E-state index in [9.17, 15) is 4.79 Å². The van der Waals surface area contributed by atoms with Crippen LogP contribution in [0.5, 0.6) is 11.5 Å². The first kappa shape index (κ1) is 21.4. The Kier molecular flexibility index (Phi) is 7.86. The van der Waals surface area contributed by atoms with Gasteiger partial charge in [-0.25, -0.2) is 5.43 Å². The molecule has 30 heavy (non-hydrogen) atoms. The van der Waals surface area contributed by atoms with E-state index in [4.69, 9.17) is 21.1 Å². The van der Waals surface area contributed by atoms with E-state index >= 15 is 0 Å². The van der Waals surface area contributed by atoms with Crippen LogP contribution in [0.1, 0.15) is 23.6 Å². The minimum Gasteiger partial charge on any atom is -0.494 e. The molecule has 0 saturated carbocycles. The van der Waals surface area contributed by atoms with Gasteiger partial charge in [0.25, 0.3) is 0 Å². The average molecular weight is 423 g/mol. The molecule has 154 valence electrons. The molecule has 3 aromatic carbocycles. The molecule has 0 unspecified atom stereocenters. The van der Waals surface area contributed by atoms with Gasteiger partial charge in [0.1, 0.15) is 18.1 Å². The van der Waals surface area contributed by atoms with Gasteiger partial charge in [-0.3, -0.25) is 4.79 Å². The minimum absolute atomic E-state index is 0.185. The third-order valence-corrected chi connectivity index (χ3v) is 4.60. The summed E-state index contributed by atoms with van der Waals surface area (Å²) in [6, 6.07) is 22.4. The van der Waals surface area contributed by atoms with E-state index in [1.807, 2.05) is 79.7 Å². The molecule has 5 nitrogen and oxygen atoms in total. The lowest BCUT2D eigenvalue weighted by Gasteiger charge is -2.07. The van der Waals surface area contributed by atoms with Crippen molar-refractivity contribution < 1.29 is 14.3 Å². The molecule has 0 spiro atoms. The number of ether oxygens (including phenoxy) is 2. The van der Waals surface area contributed by atoms with Gasteiger partial charge in [0.2, 0.25) is 5.91 Å². The van der Waals surface area contributed by atoms with Crippen molar-refractivity contribution in [3.05, 3.63) is 94.5 Å². The fourth-order valence-electron chi connectivity index (χ4n) is 2.70. The van der Waals surface area contributed by atoms with Crippen molar-refractivity contribution in [3.63, 3.8) is 0 Å². The maximum Gasteiger partial charge on any atom is 0.244 e. The fraction of sp³-hybridized carbons (Fsp3) is 0.167. The van der Waals surface area contributed by atoms with Crippen molar-refractivity contribution in [2.75, 3.05) is 6.61 Å². The lowest BCUT2D eigenvalue weighted by Crippen LogP contribution is -2.19. The number of carbonyl (C=O) groups is 1. The van der Waals surface area contributed by atoms with Crippen LogP contribution in [0, 0.1) is 0 Å². The maximum atomic E-state index is 12.0. The van der Waals surface area contributed by atoms with Crippen molar-refractivity contribution >= 4 is 23.7 Å². The van der Waals surface area contributed by atoms with E-state index in [1.54, 1.807) is 6.21 Å². The number of halogens is 1. The molecule has 0 aliphatic carbocycles. The number of rotatable bonds is 9. The van der Waals surface area contributed by atoms with Crippen LogP contribution < -0.4 is 14.9 Å². The van der Waals surface area contributed by atoms with Crippen LogP contribution in [0.25, 0.3) is 0 Å². The zero-order chi connectivity index (χ0) is 21.2. The molecular formula is C24H23ClN2O3. The molecule has 0 fully saturated rings. The first-order valence-electron chi connectivity index (χ1n) is 9.64. The number of benzene rings is 3. The highest BCUT2D eigenvalue weighted by Crippen LogP contribution is 2.18. The number of amides is 1. The molecule has 3 rings (SSSR count). The van der Waals surface area contributed by atoms with Gasteiger partial charge >= 0.3 is 0 Å². The van der Waals surface area contributed by atoms with E-state index in [0.29, 0.717) is 18.2 Å². The fourth-order valence-corrected chi connectivity index (χ4v) is 2.89. The molecule has 0 saturated heterocycles. The van der Waals surface area contributed by atoms with Gasteiger partial charge in [0.05, 0.1) is 19.2 Å². The highest BCUT2D eigenvalue weighted by atomic mass is 35.5. The smallest absolute Gasteiger partial charge is 0.244 e. The molecule has 6 heteroatoms. The van der Waals surface area contributed by atoms with Crippen molar-refractivity contribution in [1.82, 2.24) is 5.43 Å². The van der Waals surface area contributed by atoms with Gasteiger partial charge in [-0.15, -0.1) is 0 Å². The largest absolute Gasteiger partial charge is 0.494 e. The monoisotopic (exact) mass is 422 g/mol. The minimum atomic E-state index is -0.185. The Hall–Kier alpha value is -3.31. The number of hydrogen-bond acceptors (Lipinski definition) is 4. The molecule has 0 aliphatic heterocycles. The predicted octanol–water partition coefficient (Wildman–Crippen LogP) is 5.01. The maximum absolute atomic E-state index is 12.0. The van der Waals surface area contributed by atoms with Crippen LogP contribution >= 0.6 is 11.6 Å². The van der Waals surface area contributed by atoms with E-state index < -0.39 is 0 Å². The molecule has 0 radical (unpaired) electrons. The van der Waals surface area contributed by atoms with Gasteiger partial charge in [-0.1, -0.05) is 41.9 Å². The number of nitrogens with one attached hydrogen (secondary N) is 1. The number of hydrazone groups is 1. The third kappa shape index (κ3) is 6.64. The zero-order valence-electron chi connectivity index (χ0n) is 16.7. The first-order chi connectivity index (χ1) is 14.6. The summed E-state index contributed by atoms with van der Waals surface area (Å²) < 4.78 is 11.1. The van der Waals surface area contributed by atoms with Gasteiger partial charge in [-0.2, -0.15) is 5.10 Å². The molecule has 1 amide bonds. The summed E-state index contributed by atoms with van der Waals surface area (Å²) >= 11 is 6.13. The summed E-state index contributed by atoms with van der Waals surface area (Å²) in [6.45, 7) is 2.94. The Bertz CT molecular complexity index is 986. The summed E-state index contributed by atoms with van der Waals surface area (Å²) in [6.07, 6.45) is 1.84. The molecule has 1 N–H and O–H groups in total. The van der Waals surface area contributed by atoms with Crippen LogP contribution in [0.3, 0.4) is 0 Å². The van der Waals surface area contributed by atoms with E-state index in [2.05, 4.69) is 10.5 Å². The normalized spacial score (nSPS) is 10.7. The Morgan fingerprint density at radius 3 is 2.33 bits per heavy atom. The summed E-state index contributed by atoms with van der Waals surface area (Å²) in [7, 11) is 0. The summed E-state index contributed by atoms with van der Waals surface area (Å²) in [5.41, 5.74) is 5.21. The van der Waals surface area contributed by atoms with Crippen LogP contribution in [-0.2, 0) is 17.8 Å². The van der Waals surface area contributed by atoms with Gasteiger partial charge < -0.3 is 9.47 Å². The second-order valence-electron chi connectivity index (χ2n) is 6.50. The van der Waals surface area contributed by atoms with E-state index in [1.165, 1.54) is 0 Å². The number of hydrogen-bond donors (Lipinski definition) is 1. The summed E-state index contributed by atoms with van der Waals surface area (Å²) in [5.74, 6) is 1.33. The number of nitrogens with zero attached hydrogens (tertiary/aromatic N) is 1. The molecule has 0 heterocycles. The topological polar surface area (TPSA) is 59.9 Å². The van der Waals surface area contributed by atoms with Gasteiger partial charge in [0, 0.05) is 10.6 Å². The average Bonchev–Trinajstić information content (AvgIpc) is 2.76. The van der Waals surface area contributed by atoms with Crippen LogP contribution in [-0.4, -0.2) is 18.7 Å². The molecule has 0 aromatic heterocycles. The van der Waals surface area contributed by atoms with Crippen LogP contribution in [0.2, 0.25) is 5.02 Å². The van der Waals surface area contributed by atoms with Crippen molar-refractivity contribution in [3.8, 4) is 11.5 Å². The highest BCUT2D eigenvalue weighted by molar-refractivity contribution is 6.31. The first-order valence-corrected chi connectivity index (χ1v) is 10.0. The molecule has 0 bridgehead atoms. The second kappa shape index (κ2) is 11.0. The highest BCUT2D eigenvalue weighted by Gasteiger charge is 2.03. The van der Waals surface area contributed by atoms with Crippen molar-refractivity contribution in [1.29, 1.82) is 0 Å². The Labute approximate surface area is 181 Å². The molecule has 0 atom stereocenters. The Morgan fingerprint density at radius 2 is 1.63 bits per heavy atom. The standard InChI is InChI=1S/C24H23ClN2O3/c1-2-29-21-11-7-18(8-12-21)15-24(28)27-26-16-19-9-13-22(14-10-19)30-17-20-5-3-4-6-23(20)25/h3-14,16H,2,15,17H2,1H3,(H,27,28)/b26-16+. The third-order valence-electron chi connectivity index (χ3n) is 4.23. The van der Waals surface area contributed by atoms with Crippen molar-refractivity contribution in [2.45, 2.75) is 20.0 Å². The second-order valence-corrected chi connectivity index (χ2v) is 6.90. The summed E-state index contributed by atoms with van der Waals surface area (Å²) in [4.78, 5) is 12.0. The zero-order valence-corrected chi connectivity index (χ0v) is 17.4. The van der Waals surface area contributed by atoms with Gasteiger partial charge in [0.15, 0.2) is 0 Å². The number of carbonyl (C=O) groups excluding carboxylic acids is 1. The van der Waals surface area contributed by atoms with E-state index in [-0.39, 0.29) is 12.3 Å². The summed E-state index contributed by atoms with van der Waals surface area (Å²) in [5, 5.41) is 4.69. The van der Waals surface area contributed by atoms with Gasteiger partial charge in [-0.05, 0) is 60.5 Å². The van der Waals surface area contributed by atoms with E-state index in [0.717, 1.165) is 28.2 Å². The SMILES string of the molecule is CCOc1ccc(CC(=O)N/N=C/c2ccc(OCc3ccccc3Cl)cc2)cc1. The van der Waals surface area contributed by atoms with Crippen LogP contribution in [0.15, 0.2) is 77.9 Å². The van der Waals surface area contributed by atoms with Crippen molar-refractivity contribution in [2.24, 2.45) is 5.10 Å². The van der Waals surface area contributed by atoms with Crippen LogP contribution in [0.4, 0.5) is 0 Å². The molecule has 0 aliphatic rings. The predicted molar refractivity (Wildman–Crippen MR) is 119 cm³/mol. The molecular weight excluding hydrogens is 400 g/mol. The quantitative estimate of drug-likeness (QED) is 0.389. The Balaban J connectivity index is 1.45.